The van der Waals surface area contributed by atoms with Crippen molar-refractivity contribution in [1.29, 1.82) is 0 Å². The van der Waals surface area contributed by atoms with E-state index in [1.165, 1.54) is 5.57 Å². The molecule has 2 nitrogen and oxygen atoms in total. The molecular formula is C18H24O2. The highest BCUT2D eigenvalue weighted by Gasteiger charge is 2.61. The molecule has 3 unspecified atom stereocenters. The second-order valence-electron chi connectivity index (χ2n) is 6.00. The Morgan fingerprint density at radius 1 is 1.35 bits per heavy atom. The standard InChI is InChI=1S/C18H24O2/c1-7-9-10-11-14(8-2)20-17(19)16-15(12-13(3)4)18(16,5)6/h2,7,9-12,14-16H,1,3-6H3/b9-7+,11-10+. The summed E-state index contributed by atoms with van der Waals surface area (Å²) in [5.74, 6) is 2.43. The highest BCUT2D eigenvalue weighted by molar-refractivity contribution is 5.78. The number of carbonyl (C=O) groups is 1. The predicted molar refractivity (Wildman–Crippen MR) is 82.9 cm³/mol. The molecule has 0 aromatic carbocycles. The van der Waals surface area contributed by atoms with E-state index in [2.05, 4.69) is 25.8 Å². The Morgan fingerprint density at radius 3 is 2.50 bits per heavy atom. The van der Waals surface area contributed by atoms with Crippen LogP contribution in [0.5, 0.6) is 0 Å². The van der Waals surface area contributed by atoms with E-state index in [4.69, 9.17) is 11.2 Å². The second-order valence-corrected chi connectivity index (χ2v) is 6.00. The summed E-state index contributed by atoms with van der Waals surface area (Å²) >= 11 is 0. The van der Waals surface area contributed by atoms with Crippen LogP contribution >= 0.6 is 0 Å². The number of hydrogen-bond donors (Lipinski definition) is 0. The normalized spacial score (nSPS) is 25.2. The molecule has 0 aromatic rings. The highest BCUT2D eigenvalue weighted by atomic mass is 16.5. The average Bonchev–Trinajstić information content (AvgIpc) is 2.88. The van der Waals surface area contributed by atoms with E-state index in [0.717, 1.165) is 0 Å². The largest absolute Gasteiger partial charge is 0.445 e. The molecule has 0 aliphatic heterocycles. The van der Waals surface area contributed by atoms with E-state index >= 15 is 0 Å². The number of hydrogen-bond acceptors (Lipinski definition) is 2. The van der Waals surface area contributed by atoms with E-state index < -0.39 is 6.10 Å². The lowest BCUT2D eigenvalue weighted by Gasteiger charge is -2.08. The zero-order valence-corrected chi connectivity index (χ0v) is 13.0. The first kappa shape index (κ1) is 16.3. The van der Waals surface area contributed by atoms with Crippen molar-refractivity contribution in [2.75, 3.05) is 0 Å². The molecule has 2 heteroatoms. The van der Waals surface area contributed by atoms with Crippen LogP contribution < -0.4 is 0 Å². The first-order chi connectivity index (χ1) is 9.34. The summed E-state index contributed by atoms with van der Waals surface area (Å²) in [6.45, 7) is 10.2. The lowest BCUT2D eigenvalue weighted by atomic mass is 10.1. The molecule has 108 valence electrons. The van der Waals surface area contributed by atoms with Crippen molar-refractivity contribution in [2.45, 2.75) is 40.7 Å². The number of allylic oxidation sites excluding steroid dienone is 5. The highest BCUT2D eigenvalue weighted by Crippen LogP contribution is 2.59. The summed E-state index contributed by atoms with van der Waals surface area (Å²) in [7, 11) is 0. The molecule has 3 atom stereocenters. The minimum atomic E-state index is -0.595. The molecule has 0 bridgehead atoms. The smallest absolute Gasteiger partial charge is 0.311 e. The van der Waals surface area contributed by atoms with Crippen LogP contribution in [0.4, 0.5) is 0 Å². The number of ether oxygens (including phenoxy) is 1. The lowest BCUT2D eigenvalue weighted by Crippen LogP contribution is -2.17. The van der Waals surface area contributed by atoms with E-state index in [-0.39, 0.29) is 23.2 Å². The number of terminal acetylenes is 1. The fourth-order valence-corrected chi connectivity index (χ4v) is 2.40. The van der Waals surface area contributed by atoms with Crippen molar-refractivity contribution in [3.8, 4) is 12.3 Å². The van der Waals surface area contributed by atoms with Crippen molar-refractivity contribution in [1.82, 2.24) is 0 Å². The summed E-state index contributed by atoms with van der Waals surface area (Å²) < 4.78 is 5.39. The zero-order chi connectivity index (χ0) is 15.3. The summed E-state index contributed by atoms with van der Waals surface area (Å²) in [6.07, 6.45) is 14.2. The molecule has 0 N–H and O–H groups in total. The maximum absolute atomic E-state index is 12.2. The molecule has 0 heterocycles. The Balaban J connectivity index is 2.68. The van der Waals surface area contributed by atoms with E-state index in [0.29, 0.717) is 0 Å². The fourth-order valence-electron chi connectivity index (χ4n) is 2.40. The molecule has 0 saturated heterocycles. The second kappa shape index (κ2) is 6.61. The van der Waals surface area contributed by atoms with Gasteiger partial charge in [-0.3, -0.25) is 4.79 Å². The van der Waals surface area contributed by atoms with Gasteiger partial charge in [-0.05, 0) is 38.2 Å². The van der Waals surface area contributed by atoms with Crippen molar-refractivity contribution >= 4 is 5.97 Å². The van der Waals surface area contributed by atoms with Gasteiger partial charge in [0.1, 0.15) is 0 Å². The van der Waals surface area contributed by atoms with Gasteiger partial charge < -0.3 is 4.74 Å². The van der Waals surface area contributed by atoms with Crippen LogP contribution in [-0.2, 0) is 9.53 Å². The quantitative estimate of drug-likeness (QED) is 0.328. The monoisotopic (exact) mass is 272 g/mol. The Morgan fingerprint density at radius 2 is 2.00 bits per heavy atom. The predicted octanol–water partition coefficient (Wildman–Crippen LogP) is 3.90. The molecule has 1 aliphatic carbocycles. The zero-order valence-electron chi connectivity index (χ0n) is 13.0. The van der Waals surface area contributed by atoms with Crippen molar-refractivity contribution < 1.29 is 9.53 Å². The van der Waals surface area contributed by atoms with Gasteiger partial charge >= 0.3 is 5.97 Å². The molecule has 1 fully saturated rings. The molecule has 1 saturated carbocycles. The molecule has 1 rings (SSSR count). The third-order valence-corrected chi connectivity index (χ3v) is 3.67. The Bertz CT molecular complexity index is 482. The molecule has 0 spiro atoms. The van der Waals surface area contributed by atoms with Crippen molar-refractivity contribution in [3.63, 3.8) is 0 Å². The van der Waals surface area contributed by atoms with Crippen LogP contribution in [0.2, 0.25) is 0 Å². The van der Waals surface area contributed by atoms with E-state index in [1.54, 1.807) is 12.2 Å². The molecule has 1 aliphatic rings. The summed E-state index contributed by atoms with van der Waals surface area (Å²) in [6, 6.07) is 0. The number of esters is 1. The van der Waals surface area contributed by atoms with Crippen LogP contribution in [0.25, 0.3) is 0 Å². The fraction of sp³-hybridized carbons (Fsp3) is 0.500. The third kappa shape index (κ3) is 3.87. The van der Waals surface area contributed by atoms with Gasteiger partial charge in [0, 0.05) is 0 Å². The van der Waals surface area contributed by atoms with Gasteiger partial charge in [-0.25, -0.2) is 0 Å². The summed E-state index contributed by atoms with van der Waals surface area (Å²) in [5.41, 5.74) is 1.18. The SMILES string of the molecule is C#CC(/C=C/C=C/C)OC(=O)C1C(C=C(C)C)C1(C)C. The lowest BCUT2D eigenvalue weighted by molar-refractivity contribution is -0.147. The first-order valence-corrected chi connectivity index (χ1v) is 6.95. The number of carbonyl (C=O) groups excluding carboxylic acids is 1. The minimum Gasteiger partial charge on any atom is -0.445 e. The van der Waals surface area contributed by atoms with Crippen LogP contribution in [0.15, 0.2) is 36.0 Å². The molecular weight excluding hydrogens is 248 g/mol. The van der Waals surface area contributed by atoms with Gasteiger partial charge in [-0.1, -0.05) is 49.6 Å². The van der Waals surface area contributed by atoms with Crippen LogP contribution in [0.1, 0.15) is 34.6 Å². The Hall–Kier alpha value is -1.75. The van der Waals surface area contributed by atoms with Gasteiger partial charge in [-0.15, -0.1) is 6.42 Å². The van der Waals surface area contributed by atoms with Crippen molar-refractivity contribution in [2.24, 2.45) is 17.3 Å². The number of rotatable bonds is 5. The maximum atomic E-state index is 12.2. The van der Waals surface area contributed by atoms with Crippen molar-refractivity contribution in [3.05, 3.63) is 36.0 Å². The molecule has 20 heavy (non-hydrogen) atoms. The summed E-state index contributed by atoms with van der Waals surface area (Å²) in [5, 5.41) is 0. The topological polar surface area (TPSA) is 26.3 Å². The summed E-state index contributed by atoms with van der Waals surface area (Å²) in [4.78, 5) is 12.2. The van der Waals surface area contributed by atoms with Gasteiger partial charge in [0.25, 0.3) is 0 Å². The third-order valence-electron chi connectivity index (χ3n) is 3.67. The Kier molecular flexibility index (Phi) is 5.39. The van der Waals surface area contributed by atoms with Gasteiger partial charge in [-0.2, -0.15) is 0 Å². The van der Waals surface area contributed by atoms with Gasteiger partial charge in [0.05, 0.1) is 5.92 Å². The maximum Gasteiger partial charge on any atom is 0.311 e. The van der Waals surface area contributed by atoms with Gasteiger partial charge in [0.2, 0.25) is 0 Å². The van der Waals surface area contributed by atoms with E-state index in [1.807, 2.05) is 32.9 Å². The molecule has 0 amide bonds. The minimum absolute atomic E-state index is 0.0411. The van der Waals surface area contributed by atoms with Crippen LogP contribution in [-0.4, -0.2) is 12.1 Å². The average molecular weight is 272 g/mol. The van der Waals surface area contributed by atoms with Crippen LogP contribution in [0.3, 0.4) is 0 Å². The Labute approximate surface area is 122 Å². The molecule has 0 aromatic heterocycles. The van der Waals surface area contributed by atoms with Gasteiger partial charge in [0.15, 0.2) is 6.10 Å². The first-order valence-electron chi connectivity index (χ1n) is 6.95. The molecule has 0 radical (unpaired) electrons. The van der Waals surface area contributed by atoms with Crippen LogP contribution in [0, 0.1) is 29.6 Å². The van der Waals surface area contributed by atoms with E-state index in [9.17, 15) is 4.79 Å².